The number of hydrogen-bond acceptors (Lipinski definition) is 4. The number of nitrogens with one attached hydrogen (secondary N) is 2. The third-order valence-corrected chi connectivity index (χ3v) is 3.39. The fourth-order valence-electron chi connectivity index (χ4n) is 1.25. The summed E-state index contributed by atoms with van der Waals surface area (Å²) in [7, 11) is -3.88. The van der Waals surface area contributed by atoms with Crippen molar-refractivity contribution in [1.29, 1.82) is 0 Å². The van der Waals surface area contributed by atoms with Crippen molar-refractivity contribution in [2.75, 3.05) is 4.72 Å². The summed E-state index contributed by atoms with van der Waals surface area (Å²) in [5.41, 5.74) is -0.361. The average Bonchev–Trinajstić information content (AvgIpc) is 2.30. The first-order valence-electron chi connectivity index (χ1n) is 4.70. The Balaban J connectivity index is 2.39. The van der Waals surface area contributed by atoms with Crippen LogP contribution in [0.2, 0.25) is 0 Å². The molecule has 0 spiro atoms. The van der Waals surface area contributed by atoms with Crippen LogP contribution in [-0.4, -0.2) is 18.4 Å². The molecule has 0 aliphatic rings. The molecular formula is C10H9N3O3S. The van der Waals surface area contributed by atoms with E-state index in [1.54, 1.807) is 12.1 Å². The number of H-pyrrole nitrogens is 1. The predicted octanol–water partition coefficient (Wildman–Crippen LogP) is 0.571. The van der Waals surface area contributed by atoms with Gasteiger partial charge in [-0.25, -0.2) is 8.42 Å². The third kappa shape index (κ3) is 2.51. The van der Waals surface area contributed by atoms with Crippen molar-refractivity contribution in [3.8, 4) is 0 Å². The van der Waals surface area contributed by atoms with E-state index >= 15 is 0 Å². The quantitative estimate of drug-likeness (QED) is 0.834. The highest BCUT2D eigenvalue weighted by Crippen LogP contribution is 2.10. The summed E-state index contributed by atoms with van der Waals surface area (Å²) in [5.74, 6) is 0. The van der Waals surface area contributed by atoms with Gasteiger partial charge in [-0.15, -0.1) is 0 Å². The number of anilines is 1. The summed E-state index contributed by atoms with van der Waals surface area (Å²) in [6.45, 7) is 0. The van der Waals surface area contributed by atoms with Gasteiger partial charge in [-0.2, -0.15) is 0 Å². The number of aromatic nitrogens is 2. The van der Waals surface area contributed by atoms with Crippen LogP contribution in [0.5, 0.6) is 0 Å². The lowest BCUT2D eigenvalue weighted by molar-refractivity contribution is 0.600. The van der Waals surface area contributed by atoms with Gasteiger partial charge < -0.3 is 4.98 Å². The van der Waals surface area contributed by atoms with Crippen LogP contribution in [0, 0.1) is 0 Å². The Morgan fingerprint density at radius 2 is 2.06 bits per heavy atom. The molecular weight excluding hydrogens is 242 g/mol. The van der Waals surface area contributed by atoms with Crippen molar-refractivity contribution in [3.05, 3.63) is 53.2 Å². The van der Waals surface area contributed by atoms with Gasteiger partial charge in [-0.3, -0.25) is 14.5 Å². The number of sulfonamides is 1. The molecule has 0 amide bonds. The zero-order chi connectivity index (χ0) is 12.3. The number of rotatable bonds is 3. The van der Waals surface area contributed by atoms with Gasteiger partial charge in [-0.05, 0) is 24.3 Å². The Kier molecular flexibility index (Phi) is 2.92. The first-order chi connectivity index (χ1) is 8.09. The molecule has 2 heterocycles. The summed E-state index contributed by atoms with van der Waals surface area (Å²) in [6.07, 6.45) is 4.24. The van der Waals surface area contributed by atoms with Crippen LogP contribution in [-0.2, 0) is 10.0 Å². The summed E-state index contributed by atoms with van der Waals surface area (Å²) in [4.78, 5) is 17.1. The van der Waals surface area contributed by atoms with E-state index in [-0.39, 0.29) is 4.90 Å². The van der Waals surface area contributed by atoms with Crippen LogP contribution < -0.4 is 10.3 Å². The molecule has 2 aromatic rings. The Bertz CT molecular complexity index is 664. The maximum absolute atomic E-state index is 11.9. The smallest absolute Gasteiger partial charge is 0.268 e. The van der Waals surface area contributed by atoms with Crippen LogP contribution in [0.15, 0.2) is 52.5 Å². The normalized spacial score (nSPS) is 11.1. The van der Waals surface area contributed by atoms with Crippen LogP contribution >= 0.6 is 0 Å². The van der Waals surface area contributed by atoms with Gasteiger partial charge in [0, 0.05) is 12.4 Å². The average molecular weight is 251 g/mol. The van der Waals surface area contributed by atoms with E-state index in [2.05, 4.69) is 14.7 Å². The second-order valence-electron chi connectivity index (χ2n) is 3.21. The molecule has 0 aliphatic carbocycles. The highest BCUT2D eigenvalue weighted by molar-refractivity contribution is 7.92. The second-order valence-corrected chi connectivity index (χ2v) is 4.86. The fourth-order valence-corrected chi connectivity index (χ4v) is 2.35. The zero-order valence-corrected chi connectivity index (χ0v) is 9.44. The lowest BCUT2D eigenvalue weighted by atomic mass is 10.4. The molecule has 0 radical (unpaired) electrons. The highest BCUT2D eigenvalue weighted by Gasteiger charge is 2.17. The van der Waals surface area contributed by atoms with E-state index in [1.165, 1.54) is 30.7 Å². The lowest BCUT2D eigenvalue weighted by Gasteiger charge is -2.05. The monoisotopic (exact) mass is 251 g/mol. The standard InChI is InChI=1S/C10H9N3O3S/c14-10-9(4-2-6-12-10)17(15,16)13-8-3-1-5-11-7-8/h1-7,13H,(H,12,14). The van der Waals surface area contributed by atoms with Crippen molar-refractivity contribution in [1.82, 2.24) is 9.97 Å². The molecule has 0 fully saturated rings. The van der Waals surface area contributed by atoms with E-state index in [1.807, 2.05) is 0 Å². The van der Waals surface area contributed by atoms with Gasteiger partial charge in [0.25, 0.3) is 15.6 Å². The molecule has 88 valence electrons. The molecule has 0 saturated heterocycles. The van der Waals surface area contributed by atoms with Gasteiger partial charge >= 0.3 is 0 Å². The van der Waals surface area contributed by atoms with Crippen LogP contribution in [0.4, 0.5) is 5.69 Å². The van der Waals surface area contributed by atoms with Gasteiger partial charge in [0.15, 0.2) is 4.90 Å². The molecule has 7 heteroatoms. The van der Waals surface area contributed by atoms with Crippen molar-refractivity contribution < 1.29 is 8.42 Å². The molecule has 0 aromatic carbocycles. The van der Waals surface area contributed by atoms with E-state index < -0.39 is 15.6 Å². The Hall–Kier alpha value is -2.15. The first-order valence-corrected chi connectivity index (χ1v) is 6.18. The van der Waals surface area contributed by atoms with Gasteiger partial charge in [0.1, 0.15) is 0 Å². The van der Waals surface area contributed by atoms with Gasteiger partial charge in [0.2, 0.25) is 0 Å². The summed E-state index contributed by atoms with van der Waals surface area (Å²) in [6, 6.07) is 5.81. The van der Waals surface area contributed by atoms with Crippen molar-refractivity contribution >= 4 is 15.7 Å². The minimum absolute atomic E-state index is 0.302. The lowest BCUT2D eigenvalue weighted by Crippen LogP contribution is -2.22. The predicted molar refractivity (Wildman–Crippen MR) is 62.1 cm³/mol. The van der Waals surface area contributed by atoms with Crippen molar-refractivity contribution in [3.63, 3.8) is 0 Å². The van der Waals surface area contributed by atoms with Gasteiger partial charge in [-0.1, -0.05) is 0 Å². The van der Waals surface area contributed by atoms with Crippen molar-refractivity contribution in [2.24, 2.45) is 0 Å². The van der Waals surface area contributed by atoms with E-state index in [4.69, 9.17) is 0 Å². The first kappa shape index (κ1) is 11.3. The second kappa shape index (κ2) is 4.38. The Labute approximate surface area is 97.4 Å². The summed E-state index contributed by atoms with van der Waals surface area (Å²) in [5, 5.41) is 0. The van der Waals surface area contributed by atoms with Crippen LogP contribution in [0.3, 0.4) is 0 Å². The molecule has 0 unspecified atom stereocenters. The van der Waals surface area contributed by atoms with E-state index in [9.17, 15) is 13.2 Å². The summed E-state index contributed by atoms with van der Waals surface area (Å²) >= 11 is 0. The third-order valence-electron chi connectivity index (χ3n) is 1.99. The largest absolute Gasteiger partial charge is 0.328 e. The van der Waals surface area contributed by atoms with Crippen LogP contribution in [0.25, 0.3) is 0 Å². The minimum Gasteiger partial charge on any atom is -0.328 e. The Morgan fingerprint density at radius 1 is 1.24 bits per heavy atom. The maximum Gasteiger partial charge on any atom is 0.268 e. The highest BCUT2D eigenvalue weighted by atomic mass is 32.2. The molecule has 2 aromatic heterocycles. The van der Waals surface area contributed by atoms with Crippen molar-refractivity contribution in [2.45, 2.75) is 4.90 Å². The molecule has 0 bridgehead atoms. The fraction of sp³-hybridized carbons (Fsp3) is 0. The number of hydrogen-bond donors (Lipinski definition) is 2. The molecule has 0 atom stereocenters. The number of nitrogens with zero attached hydrogens (tertiary/aromatic N) is 1. The van der Waals surface area contributed by atoms with E-state index in [0.29, 0.717) is 5.69 Å². The minimum atomic E-state index is -3.88. The number of pyridine rings is 2. The molecule has 17 heavy (non-hydrogen) atoms. The Morgan fingerprint density at radius 3 is 2.71 bits per heavy atom. The molecule has 0 saturated carbocycles. The molecule has 2 N–H and O–H groups in total. The maximum atomic E-state index is 11.9. The van der Waals surface area contributed by atoms with Crippen LogP contribution in [0.1, 0.15) is 0 Å². The SMILES string of the molecule is O=c1[nH]cccc1S(=O)(=O)Nc1cccnc1. The van der Waals surface area contributed by atoms with Gasteiger partial charge in [0.05, 0.1) is 11.9 Å². The molecule has 0 aliphatic heterocycles. The topological polar surface area (TPSA) is 91.9 Å². The molecule has 2 rings (SSSR count). The molecule has 6 nitrogen and oxygen atoms in total. The zero-order valence-electron chi connectivity index (χ0n) is 8.62. The number of aromatic amines is 1. The van der Waals surface area contributed by atoms with E-state index in [0.717, 1.165) is 0 Å². The summed E-state index contributed by atoms with van der Waals surface area (Å²) < 4.78 is 26.0.